The Balaban J connectivity index is 0.000000239. The largest absolute Gasteiger partial charge is 0.534 e. The fourth-order valence-corrected chi connectivity index (χ4v) is 15.4. The van der Waals surface area contributed by atoms with E-state index in [1.807, 2.05) is 26.0 Å². The van der Waals surface area contributed by atoms with E-state index in [0.717, 1.165) is 12.6 Å². The second-order valence-corrected chi connectivity index (χ2v) is 22.7. The lowest BCUT2D eigenvalue weighted by Crippen LogP contribution is -2.78. The van der Waals surface area contributed by atoms with E-state index in [1.165, 1.54) is 13.8 Å². The predicted molar refractivity (Wildman–Crippen MR) is 261 cm³/mol. The third-order valence-corrected chi connectivity index (χ3v) is 18.8. The van der Waals surface area contributed by atoms with Crippen LogP contribution in [0.2, 0.25) is 5.02 Å². The zero-order valence-corrected chi connectivity index (χ0v) is 44.1. The summed E-state index contributed by atoms with van der Waals surface area (Å²) < 4.78 is 104. The molecule has 1 aromatic rings. The minimum atomic E-state index is -6.35. The van der Waals surface area contributed by atoms with Crippen molar-refractivity contribution in [1.82, 2.24) is 4.98 Å². The molecule has 4 bridgehead atoms. The number of alkyl halides is 3. The van der Waals surface area contributed by atoms with Crippen LogP contribution in [0, 0.1) is 29.6 Å². The number of aryl methyl sites for hydroxylation is 1. The molecule has 75 heavy (non-hydrogen) atoms. The van der Waals surface area contributed by atoms with Crippen LogP contribution in [0.3, 0.4) is 0 Å². The highest BCUT2D eigenvalue weighted by Gasteiger charge is 2.99. The van der Waals surface area contributed by atoms with Crippen LogP contribution < -0.4 is 0 Å². The van der Waals surface area contributed by atoms with E-state index in [9.17, 15) is 66.3 Å². The molecule has 6 aliphatic carbocycles. The molecule has 14 atom stereocenters. The van der Waals surface area contributed by atoms with E-state index in [-0.39, 0.29) is 65.6 Å². The summed E-state index contributed by atoms with van der Waals surface area (Å²) in [6, 6.07) is 3.70. The Hall–Kier alpha value is -3.78. The zero-order chi connectivity index (χ0) is 54.9. The first-order chi connectivity index (χ1) is 33.7. The first-order valence-electron chi connectivity index (χ1n) is 24.3. The van der Waals surface area contributed by atoms with Crippen molar-refractivity contribution in [2.24, 2.45) is 22.7 Å². The van der Waals surface area contributed by atoms with Gasteiger partial charge in [-0.2, -0.15) is 21.6 Å². The number of aliphatic hydroxyl groups is 5. The molecule has 424 valence electrons. The van der Waals surface area contributed by atoms with Crippen molar-refractivity contribution in [3.8, 4) is 0 Å². The number of halogens is 4. The second kappa shape index (κ2) is 19.5. The number of hydrogen-bond acceptors (Lipinski definition) is 19. The normalized spacial score (nSPS) is 42.1. The van der Waals surface area contributed by atoms with E-state index in [0.29, 0.717) is 24.3 Å². The minimum Gasteiger partial charge on any atom is -0.504 e. The highest BCUT2D eigenvalue weighted by molar-refractivity contribution is 7.87. The number of carbonyl (C=O) groups excluding carboxylic acids is 4. The van der Waals surface area contributed by atoms with Crippen molar-refractivity contribution in [1.29, 1.82) is 0 Å². The minimum absolute atomic E-state index is 0. The van der Waals surface area contributed by atoms with E-state index in [1.54, 1.807) is 47.7 Å². The highest BCUT2D eigenvalue weighted by Crippen LogP contribution is 2.79. The average Bonchev–Trinajstić information content (AvgIpc) is 3.59. The monoisotopic (exact) mass is 1110 g/mol. The molecular formula is C51H73ClF3NO18S. The number of hydrogen-bond donors (Lipinski definition) is 5. The number of nitrogens with zero attached hydrogens (tertiary/aromatic N) is 1. The molecule has 0 aromatic carbocycles. The summed E-state index contributed by atoms with van der Waals surface area (Å²) in [5, 5.41) is 60.0. The maximum absolute atomic E-state index is 13.7. The SMILES string of the molecule is C.C.CCOC1C(C)CCC2(OCC)C3(C)CC(=O)OC12C1(O)C(C)=C(O)C(=O)C31O.CCOC1C(C)CCC2(OCC)C3(C)CC(=O)OC12C1(O)C(C)=C(OS(=O)(=O)C(F)(F)F)C(=O)C31O.Cc1ccc(Cl)cn1. The molecule has 19 nitrogen and oxygen atoms in total. The smallest absolute Gasteiger partial charge is 0.504 e. The number of ketones is 2. The lowest BCUT2D eigenvalue weighted by atomic mass is 9.55. The fraction of sp³-hybridized carbons (Fsp3) is 0.745. The Morgan fingerprint density at radius 2 is 1.12 bits per heavy atom. The predicted octanol–water partition coefficient (Wildman–Crippen LogP) is 5.98. The van der Waals surface area contributed by atoms with Gasteiger partial charge in [-0.15, -0.1) is 0 Å². The zero-order valence-electron chi connectivity index (χ0n) is 42.5. The average molecular weight is 1110 g/mol. The number of Topliss-reactive ketones (excluding diaryl/α,β-unsaturated/α-hetero) is 2. The van der Waals surface area contributed by atoms with Gasteiger partial charge in [0.1, 0.15) is 23.4 Å². The third-order valence-electron chi connectivity index (χ3n) is 17.7. The van der Waals surface area contributed by atoms with Crippen LogP contribution in [0.1, 0.15) is 128 Å². The maximum atomic E-state index is 13.7. The Morgan fingerprint density at radius 1 is 0.707 bits per heavy atom. The molecule has 4 saturated carbocycles. The summed E-state index contributed by atoms with van der Waals surface area (Å²) in [6.45, 7) is 18.2. The first kappa shape index (κ1) is 62.1. The number of rotatable bonds is 10. The Morgan fingerprint density at radius 3 is 1.48 bits per heavy atom. The van der Waals surface area contributed by atoms with Crippen molar-refractivity contribution < 1.29 is 98.9 Å². The fourth-order valence-electron chi connectivity index (χ4n) is 14.8. The maximum Gasteiger partial charge on any atom is 0.534 e. The van der Waals surface area contributed by atoms with Crippen molar-refractivity contribution in [3.05, 3.63) is 51.7 Å². The summed E-state index contributed by atoms with van der Waals surface area (Å²) in [5.74, 6) is -6.84. The molecule has 14 unspecified atom stereocenters. The van der Waals surface area contributed by atoms with Crippen LogP contribution in [0.25, 0.3) is 0 Å². The molecule has 0 spiro atoms. The van der Waals surface area contributed by atoms with Crippen molar-refractivity contribution in [2.75, 3.05) is 26.4 Å². The molecule has 24 heteroatoms. The standard InChI is InChI=1S/C22H29F3O10S.C21H30O8.C6H6ClN.2CH4/c1-6-32-16-11(3)8-9-18(33-7-2)17(5)10-13(26)34-21(16,18)19(28)12(4)14(15(27)20(17,19)29)35-36(30,31)22(23,24)25;1-6-27-16-11(3)8-9-18(28-7-2)17(5)10-13(22)29-21(16,18)19(25)12(4)14(23)15(24)20(17,19)26;1-5-2-3-6(7)4-8-5;;/h11,16,28-29H,6-10H2,1-5H3;11,16,23,25-26H,6-10H2,1-5H3;2-4H,1H3;2*1H4. The Bertz CT molecular complexity index is 2630. The van der Waals surface area contributed by atoms with Gasteiger partial charge in [0.05, 0.1) is 28.7 Å². The van der Waals surface area contributed by atoms with E-state index >= 15 is 0 Å². The molecule has 2 saturated heterocycles. The molecule has 8 aliphatic rings. The third kappa shape index (κ3) is 6.99. The van der Waals surface area contributed by atoms with Crippen molar-refractivity contribution >= 4 is 45.2 Å². The lowest BCUT2D eigenvalue weighted by Gasteiger charge is -2.62. The van der Waals surface area contributed by atoms with Gasteiger partial charge in [0.15, 0.2) is 33.9 Å². The highest BCUT2D eigenvalue weighted by atomic mass is 35.5. The van der Waals surface area contributed by atoms with Crippen LogP contribution in [0.5, 0.6) is 0 Å². The quantitative estimate of drug-likeness (QED) is 0.102. The molecule has 3 heterocycles. The van der Waals surface area contributed by atoms with Gasteiger partial charge in [0.2, 0.25) is 22.8 Å². The first-order valence-corrected chi connectivity index (χ1v) is 26.1. The van der Waals surface area contributed by atoms with Crippen molar-refractivity contribution in [2.45, 2.75) is 192 Å². The number of pyridine rings is 1. The van der Waals surface area contributed by atoms with Gasteiger partial charge in [-0.1, -0.05) is 54.1 Å². The van der Waals surface area contributed by atoms with Crippen molar-refractivity contribution in [3.63, 3.8) is 0 Å². The number of aliphatic hydroxyl groups excluding tert-OH is 1. The molecule has 0 amide bonds. The van der Waals surface area contributed by atoms with Gasteiger partial charge >= 0.3 is 27.6 Å². The summed E-state index contributed by atoms with van der Waals surface area (Å²) >= 11 is 5.55. The van der Waals surface area contributed by atoms with Gasteiger partial charge in [-0.25, -0.2) is 0 Å². The number of fused-ring (bicyclic) bond motifs is 4. The molecule has 5 N–H and O–H groups in total. The van der Waals surface area contributed by atoms with Crippen LogP contribution in [0.4, 0.5) is 13.2 Å². The van der Waals surface area contributed by atoms with E-state index in [4.69, 9.17) is 40.0 Å². The summed E-state index contributed by atoms with van der Waals surface area (Å²) in [7, 11) is -6.35. The van der Waals surface area contributed by atoms with Gasteiger partial charge in [-0.05, 0) is 98.1 Å². The molecule has 1 aromatic heterocycles. The summed E-state index contributed by atoms with van der Waals surface area (Å²) in [6.07, 6.45) is 0.126. The molecular weight excluding hydrogens is 1040 g/mol. The molecule has 6 fully saturated rings. The molecule has 2 aliphatic heterocycles. The number of esters is 2. The van der Waals surface area contributed by atoms with Crippen LogP contribution in [0.15, 0.2) is 41.0 Å². The van der Waals surface area contributed by atoms with Gasteiger partial charge < -0.3 is 58.1 Å². The second-order valence-electron chi connectivity index (χ2n) is 20.8. The number of ether oxygens (including phenoxy) is 6. The number of carbonyl (C=O) groups is 4. The Kier molecular flexibility index (Phi) is 16.2. The van der Waals surface area contributed by atoms with E-state index < -0.39 is 136 Å². The van der Waals surface area contributed by atoms with Gasteiger partial charge in [-0.3, -0.25) is 24.2 Å². The molecule has 9 rings (SSSR count). The summed E-state index contributed by atoms with van der Waals surface area (Å²) in [5.41, 5.74) is -27.4. The summed E-state index contributed by atoms with van der Waals surface area (Å²) in [4.78, 5) is 56.7. The van der Waals surface area contributed by atoms with Gasteiger partial charge in [0, 0.05) is 49.5 Å². The van der Waals surface area contributed by atoms with Crippen LogP contribution in [-0.4, -0.2) is 151 Å². The number of aromatic nitrogens is 1. The van der Waals surface area contributed by atoms with Crippen LogP contribution in [-0.2, 0) is 61.9 Å². The van der Waals surface area contributed by atoms with Gasteiger partial charge in [0.25, 0.3) is 0 Å². The van der Waals surface area contributed by atoms with E-state index in [2.05, 4.69) is 9.17 Å². The molecule has 0 radical (unpaired) electrons. The lowest BCUT2D eigenvalue weighted by molar-refractivity contribution is -0.325. The Labute approximate surface area is 440 Å². The van der Waals surface area contributed by atoms with Crippen LogP contribution >= 0.6 is 11.6 Å². The topological polar surface area (TPSA) is 281 Å².